The van der Waals surface area contributed by atoms with Gasteiger partial charge in [-0.15, -0.1) is 0 Å². The Bertz CT molecular complexity index is 405. The average molecular weight is 272 g/mol. The second-order valence-electron chi connectivity index (χ2n) is 4.31. The molecule has 2 unspecified atom stereocenters. The van der Waals surface area contributed by atoms with Crippen LogP contribution in [-0.2, 0) is 4.74 Å². The first-order valence-electron chi connectivity index (χ1n) is 5.79. The van der Waals surface area contributed by atoms with Gasteiger partial charge in [-0.3, -0.25) is 0 Å². The third kappa shape index (κ3) is 2.96. The molecule has 1 fully saturated rings. The molecular weight excluding hydrogens is 256 g/mol. The maximum atomic E-state index is 9.75. The molecule has 0 radical (unpaired) electrons. The summed E-state index contributed by atoms with van der Waals surface area (Å²) in [7, 11) is 0. The zero-order chi connectivity index (χ0) is 14.0. The van der Waals surface area contributed by atoms with Crippen LogP contribution in [0.25, 0.3) is 0 Å². The number of aromatic hydroxyl groups is 1. The molecule has 7 nitrogen and oxygen atoms in total. The quantitative estimate of drug-likeness (QED) is 0.457. The summed E-state index contributed by atoms with van der Waals surface area (Å²) in [5.74, 6) is 0.364. The first-order chi connectivity index (χ1) is 9.02. The van der Waals surface area contributed by atoms with Crippen molar-refractivity contribution in [2.45, 2.75) is 30.7 Å². The van der Waals surface area contributed by atoms with Gasteiger partial charge < -0.3 is 35.0 Å². The predicted octanol–water partition coefficient (Wildman–Crippen LogP) is -1.43. The molecule has 1 aromatic carbocycles. The van der Waals surface area contributed by atoms with Crippen molar-refractivity contribution in [1.82, 2.24) is 0 Å². The number of phenols is 1. The van der Waals surface area contributed by atoms with Crippen LogP contribution < -0.4 is 4.74 Å². The van der Waals surface area contributed by atoms with E-state index in [2.05, 4.69) is 0 Å². The molecule has 19 heavy (non-hydrogen) atoms. The number of aliphatic hydroxyl groups is 4. The highest BCUT2D eigenvalue weighted by atomic mass is 16.7. The van der Waals surface area contributed by atoms with E-state index in [-0.39, 0.29) is 5.75 Å². The van der Waals surface area contributed by atoms with E-state index in [1.807, 2.05) is 0 Å². The van der Waals surface area contributed by atoms with Crippen molar-refractivity contribution in [3.05, 3.63) is 24.3 Å². The monoisotopic (exact) mass is 272 g/mol. The standard InChI is InChI=1S/C12H16O7/c13-5-8-9(15)10(16)11(17)12(19-8)18-7-3-1-6(14)2-4-7/h1-4,8-17H,5H2/t8?,9-,10-,11?,12+/m1/s1. The van der Waals surface area contributed by atoms with Gasteiger partial charge in [-0.1, -0.05) is 0 Å². The Hall–Kier alpha value is -1.38. The molecule has 0 aliphatic carbocycles. The Morgan fingerprint density at radius 1 is 1.00 bits per heavy atom. The lowest BCUT2D eigenvalue weighted by atomic mass is 9.99. The first-order valence-corrected chi connectivity index (χ1v) is 5.79. The summed E-state index contributed by atoms with van der Waals surface area (Å²) in [6.07, 6.45) is -6.58. The van der Waals surface area contributed by atoms with Gasteiger partial charge in [0.05, 0.1) is 6.61 Å². The third-order valence-electron chi connectivity index (χ3n) is 2.94. The highest BCUT2D eigenvalue weighted by molar-refractivity contribution is 5.30. The molecule has 0 amide bonds. The van der Waals surface area contributed by atoms with E-state index < -0.39 is 37.3 Å². The van der Waals surface area contributed by atoms with Crippen LogP contribution in [-0.4, -0.2) is 62.8 Å². The van der Waals surface area contributed by atoms with Gasteiger partial charge >= 0.3 is 0 Å². The van der Waals surface area contributed by atoms with E-state index in [1.165, 1.54) is 24.3 Å². The van der Waals surface area contributed by atoms with Gasteiger partial charge in [0.1, 0.15) is 35.9 Å². The lowest BCUT2D eigenvalue weighted by molar-refractivity contribution is -0.277. The van der Waals surface area contributed by atoms with E-state index in [0.717, 1.165) is 0 Å². The molecule has 1 aliphatic heterocycles. The second-order valence-corrected chi connectivity index (χ2v) is 4.31. The summed E-state index contributed by atoms with van der Waals surface area (Å²) >= 11 is 0. The molecule has 1 aliphatic rings. The minimum absolute atomic E-state index is 0.0566. The Kier molecular flexibility index (Phi) is 4.23. The fourth-order valence-corrected chi connectivity index (χ4v) is 1.82. The lowest BCUT2D eigenvalue weighted by Crippen LogP contribution is -2.60. The Balaban J connectivity index is 2.08. The van der Waals surface area contributed by atoms with Crippen molar-refractivity contribution in [2.75, 3.05) is 6.61 Å². The van der Waals surface area contributed by atoms with Crippen LogP contribution in [0, 0.1) is 0 Å². The summed E-state index contributed by atoms with van der Waals surface area (Å²) in [5, 5.41) is 47.1. The summed E-state index contributed by atoms with van der Waals surface area (Å²) < 4.78 is 10.5. The largest absolute Gasteiger partial charge is 0.508 e. The smallest absolute Gasteiger partial charge is 0.229 e. The van der Waals surface area contributed by atoms with Gasteiger partial charge in [-0.25, -0.2) is 0 Å². The molecule has 1 heterocycles. The van der Waals surface area contributed by atoms with Gasteiger partial charge in [0.15, 0.2) is 0 Å². The molecule has 0 aromatic heterocycles. The molecule has 0 bridgehead atoms. The van der Waals surface area contributed by atoms with E-state index in [0.29, 0.717) is 5.75 Å². The summed E-state index contributed by atoms with van der Waals surface area (Å²) in [6, 6.07) is 5.69. The van der Waals surface area contributed by atoms with Crippen LogP contribution in [0.5, 0.6) is 11.5 Å². The van der Waals surface area contributed by atoms with E-state index in [1.54, 1.807) is 0 Å². The fourth-order valence-electron chi connectivity index (χ4n) is 1.82. The van der Waals surface area contributed by atoms with Crippen molar-refractivity contribution in [3.8, 4) is 11.5 Å². The lowest BCUT2D eigenvalue weighted by Gasteiger charge is -2.39. The molecule has 0 saturated carbocycles. The Morgan fingerprint density at radius 3 is 2.21 bits per heavy atom. The van der Waals surface area contributed by atoms with Crippen molar-refractivity contribution < 1.29 is 35.0 Å². The zero-order valence-electron chi connectivity index (χ0n) is 9.96. The molecule has 0 spiro atoms. The number of phenolic OH excluding ortho intramolecular Hbond substituents is 1. The van der Waals surface area contributed by atoms with Crippen molar-refractivity contribution in [1.29, 1.82) is 0 Å². The van der Waals surface area contributed by atoms with Crippen LogP contribution in [0.3, 0.4) is 0 Å². The van der Waals surface area contributed by atoms with E-state index >= 15 is 0 Å². The highest BCUT2D eigenvalue weighted by Gasteiger charge is 2.44. The van der Waals surface area contributed by atoms with Gasteiger partial charge in [0.25, 0.3) is 0 Å². The minimum atomic E-state index is -1.48. The van der Waals surface area contributed by atoms with E-state index in [4.69, 9.17) is 19.7 Å². The van der Waals surface area contributed by atoms with Gasteiger partial charge in [-0.2, -0.15) is 0 Å². The molecule has 7 heteroatoms. The molecule has 1 saturated heterocycles. The number of benzene rings is 1. The third-order valence-corrected chi connectivity index (χ3v) is 2.94. The Morgan fingerprint density at radius 2 is 1.63 bits per heavy atom. The number of hydrogen-bond acceptors (Lipinski definition) is 7. The minimum Gasteiger partial charge on any atom is -0.508 e. The predicted molar refractivity (Wildman–Crippen MR) is 62.5 cm³/mol. The number of aliphatic hydroxyl groups excluding tert-OH is 4. The SMILES string of the molecule is OCC1O[C@H](Oc2ccc(O)cc2)C(O)[C@H](O)[C@@H]1O. The van der Waals surface area contributed by atoms with Crippen molar-refractivity contribution in [3.63, 3.8) is 0 Å². The Labute approximate surface area is 109 Å². The summed E-state index contributed by atoms with van der Waals surface area (Å²) in [5.41, 5.74) is 0. The van der Waals surface area contributed by atoms with Crippen LogP contribution in [0.15, 0.2) is 24.3 Å². The number of hydrogen-bond donors (Lipinski definition) is 5. The van der Waals surface area contributed by atoms with Gasteiger partial charge in [0, 0.05) is 0 Å². The molecule has 2 rings (SSSR count). The maximum absolute atomic E-state index is 9.75. The molecule has 1 aromatic rings. The molecule has 5 atom stereocenters. The van der Waals surface area contributed by atoms with Gasteiger partial charge in [0.2, 0.25) is 6.29 Å². The first kappa shape index (κ1) is 14.0. The zero-order valence-corrected chi connectivity index (χ0v) is 9.96. The number of ether oxygens (including phenoxy) is 2. The van der Waals surface area contributed by atoms with Crippen LogP contribution in [0.4, 0.5) is 0 Å². The molecule has 106 valence electrons. The normalized spacial score (nSPS) is 35.1. The van der Waals surface area contributed by atoms with E-state index in [9.17, 15) is 15.3 Å². The van der Waals surface area contributed by atoms with Gasteiger partial charge in [-0.05, 0) is 24.3 Å². The van der Waals surface area contributed by atoms with Crippen molar-refractivity contribution in [2.24, 2.45) is 0 Å². The topological polar surface area (TPSA) is 120 Å². The average Bonchev–Trinajstić information content (AvgIpc) is 2.42. The van der Waals surface area contributed by atoms with Crippen LogP contribution in [0.2, 0.25) is 0 Å². The summed E-state index contributed by atoms with van der Waals surface area (Å²) in [6.45, 7) is -0.514. The second kappa shape index (κ2) is 5.72. The number of rotatable bonds is 3. The fraction of sp³-hybridized carbons (Fsp3) is 0.500. The van der Waals surface area contributed by atoms with Crippen molar-refractivity contribution >= 4 is 0 Å². The highest BCUT2D eigenvalue weighted by Crippen LogP contribution is 2.25. The molecule has 5 N–H and O–H groups in total. The maximum Gasteiger partial charge on any atom is 0.229 e. The van der Waals surface area contributed by atoms with Crippen LogP contribution in [0.1, 0.15) is 0 Å². The van der Waals surface area contributed by atoms with Crippen LogP contribution >= 0.6 is 0 Å². The summed E-state index contributed by atoms with van der Waals surface area (Å²) in [4.78, 5) is 0. The molecular formula is C12H16O7.